The maximum Gasteiger partial charge on any atom is 0.163 e. The van der Waals surface area contributed by atoms with E-state index in [1.54, 1.807) is 12.5 Å². The number of Topliss-reactive ketones (excluding diaryl/α,β-unsaturated/α-hetero) is 1. The average Bonchev–Trinajstić information content (AvgIpc) is 3.19. The van der Waals surface area contributed by atoms with Crippen LogP contribution in [0.2, 0.25) is 0 Å². The number of carbonyl (C=O) groups is 1. The molecule has 1 aromatic heterocycles. The maximum absolute atomic E-state index is 12.0. The van der Waals surface area contributed by atoms with Gasteiger partial charge >= 0.3 is 0 Å². The van der Waals surface area contributed by atoms with Crippen molar-refractivity contribution in [3.63, 3.8) is 0 Å². The fraction of sp³-hybridized carbons (Fsp3) is 0.238. The molecule has 4 rings (SSSR count). The van der Waals surface area contributed by atoms with Crippen LogP contribution in [0.15, 0.2) is 59.6 Å². The van der Waals surface area contributed by atoms with Gasteiger partial charge in [-0.3, -0.25) is 4.79 Å². The summed E-state index contributed by atoms with van der Waals surface area (Å²) in [5.74, 6) is 1.03. The lowest BCUT2D eigenvalue weighted by molar-refractivity contribution is 0.0972. The summed E-state index contributed by atoms with van der Waals surface area (Å²) in [6, 6.07) is 12.0. The third-order valence-electron chi connectivity index (χ3n) is 4.74. The van der Waals surface area contributed by atoms with Gasteiger partial charge in [-0.15, -0.1) is 0 Å². The molecule has 0 spiro atoms. The van der Waals surface area contributed by atoms with Crippen LogP contribution >= 0.6 is 15.9 Å². The number of aromatic nitrogens is 2. The van der Waals surface area contributed by atoms with Gasteiger partial charge in [0.05, 0.1) is 17.4 Å². The summed E-state index contributed by atoms with van der Waals surface area (Å²) in [6.07, 6.45) is 8.78. The zero-order chi connectivity index (χ0) is 17.9. The van der Waals surface area contributed by atoms with Crippen molar-refractivity contribution in [2.45, 2.75) is 25.7 Å². The van der Waals surface area contributed by atoms with E-state index in [-0.39, 0.29) is 5.78 Å². The number of nitrogens with zero attached hydrogens (tertiary/aromatic N) is 2. The van der Waals surface area contributed by atoms with E-state index in [0.717, 1.165) is 46.3 Å². The number of benzene rings is 2. The van der Waals surface area contributed by atoms with Crippen molar-refractivity contribution in [3.05, 3.63) is 76.3 Å². The minimum absolute atomic E-state index is 0.229. The molecule has 0 N–H and O–H groups in total. The van der Waals surface area contributed by atoms with Gasteiger partial charge in [0.15, 0.2) is 5.78 Å². The molecule has 0 amide bonds. The summed E-state index contributed by atoms with van der Waals surface area (Å²) in [5, 5.41) is 0. The van der Waals surface area contributed by atoms with E-state index in [2.05, 4.69) is 33.0 Å². The van der Waals surface area contributed by atoms with Crippen molar-refractivity contribution >= 4 is 21.7 Å². The Kier molecular flexibility index (Phi) is 4.89. The average molecular weight is 411 g/mol. The summed E-state index contributed by atoms with van der Waals surface area (Å²) in [5.41, 5.74) is 4.23. The molecule has 0 saturated carbocycles. The van der Waals surface area contributed by atoms with Crippen LogP contribution < -0.4 is 4.74 Å². The molecular weight excluding hydrogens is 392 g/mol. The van der Waals surface area contributed by atoms with Gasteiger partial charge in [-0.1, -0.05) is 18.2 Å². The van der Waals surface area contributed by atoms with Crippen molar-refractivity contribution in [1.82, 2.24) is 9.55 Å². The standard InChI is InChI=1S/C21H19BrN2O2/c22-21-17-5-3-7-19(25)16(17)8-9-20(21)26-13-10-15-4-1-2-6-18(15)24-12-11-23-14-24/h1-2,4,6,8-9,11-12,14H,3,5,7,10,13H2. The molecule has 2 aromatic carbocycles. The van der Waals surface area contributed by atoms with E-state index in [1.807, 2.05) is 35.0 Å². The summed E-state index contributed by atoms with van der Waals surface area (Å²) < 4.78 is 8.96. The number of rotatable bonds is 5. The molecule has 26 heavy (non-hydrogen) atoms. The Bertz CT molecular complexity index is 935. The van der Waals surface area contributed by atoms with Crippen molar-refractivity contribution in [3.8, 4) is 11.4 Å². The van der Waals surface area contributed by atoms with Crippen molar-refractivity contribution in [2.75, 3.05) is 6.61 Å². The van der Waals surface area contributed by atoms with Crippen LogP contribution in [-0.4, -0.2) is 21.9 Å². The van der Waals surface area contributed by atoms with E-state index >= 15 is 0 Å². The molecule has 0 fully saturated rings. The van der Waals surface area contributed by atoms with Crippen molar-refractivity contribution < 1.29 is 9.53 Å². The number of hydrogen-bond donors (Lipinski definition) is 0. The van der Waals surface area contributed by atoms with Crippen LogP contribution in [0.4, 0.5) is 0 Å². The summed E-state index contributed by atoms with van der Waals surface area (Å²) in [6.45, 7) is 0.567. The summed E-state index contributed by atoms with van der Waals surface area (Å²) in [7, 11) is 0. The van der Waals surface area contributed by atoms with E-state index in [1.165, 1.54) is 5.56 Å². The minimum Gasteiger partial charge on any atom is -0.492 e. The Labute approximate surface area is 161 Å². The second-order valence-corrected chi connectivity index (χ2v) is 7.17. The van der Waals surface area contributed by atoms with Crippen molar-refractivity contribution in [2.24, 2.45) is 0 Å². The first-order valence-corrected chi connectivity index (χ1v) is 9.57. The molecule has 1 heterocycles. The molecule has 4 nitrogen and oxygen atoms in total. The highest BCUT2D eigenvalue weighted by molar-refractivity contribution is 9.10. The van der Waals surface area contributed by atoms with Crippen LogP contribution in [-0.2, 0) is 12.8 Å². The van der Waals surface area contributed by atoms with Gasteiger partial charge in [-0.2, -0.15) is 0 Å². The summed E-state index contributed by atoms with van der Waals surface area (Å²) >= 11 is 3.64. The fourth-order valence-corrected chi connectivity index (χ4v) is 4.08. The predicted octanol–water partition coefficient (Wildman–Crippen LogP) is 4.78. The number of carbonyl (C=O) groups excluding carboxylic acids is 1. The third-order valence-corrected chi connectivity index (χ3v) is 5.61. The predicted molar refractivity (Wildman–Crippen MR) is 104 cm³/mol. The highest BCUT2D eigenvalue weighted by atomic mass is 79.9. The van der Waals surface area contributed by atoms with Crippen LogP contribution in [0.25, 0.3) is 5.69 Å². The van der Waals surface area contributed by atoms with Gasteiger partial charge in [0.1, 0.15) is 5.75 Å². The van der Waals surface area contributed by atoms with Crippen LogP contribution in [0.1, 0.15) is 34.3 Å². The number of ketones is 1. The number of fused-ring (bicyclic) bond motifs is 1. The number of imidazole rings is 1. The largest absolute Gasteiger partial charge is 0.492 e. The lowest BCUT2D eigenvalue weighted by Crippen LogP contribution is -2.12. The zero-order valence-electron chi connectivity index (χ0n) is 14.3. The molecule has 0 bridgehead atoms. The number of ether oxygens (including phenoxy) is 1. The monoisotopic (exact) mass is 410 g/mol. The molecule has 1 aliphatic rings. The lowest BCUT2D eigenvalue weighted by Gasteiger charge is -2.19. The maximum atomic E-state index is 12.0. The zero-order valence-corrected chi connectivity index (χ0v) is 15.9. The van der Waals surface area contributed by atoms with Gasteiger partial charge in [-0.05, 0) is 58.1 Å². The minimum atomic E-state index is 0.229. The van der Waals surface area contributed by atoms with Crippen molar-refractivity contribution in [1.29, 1.82) is 0 Å². The normalized spacial score (nSPS) is 13.5. The molecule has 0 unspecified atom stereocenters. The lowest BCUT2D eigenvalue weighted by atomic mass is 9.90. The second-order valence-electron chi connectivity index (χ2n) is 6.38. The van der Waals surface area contributed by atoms with Gasteiger partial charge in [0.2, 0.25) is 0 Å². The van der Waals surface area contributed by atoms with Gasteiger partial charge in [0, 0.05) is 36.5 Å². The molecule has 132 valence electrons. The Morgan fingerprint density at radius 1 is 1.15 bits per heavy atom. The molecule has 0 aliphatic heterocycles. The molecule has 5 heteroatoms. The Hall–Kier alpha value is -2.40. The molecule has 0 radical (unpaired) electrons. The van der Waals surface area contributed by atoms with Crippen LogP contribution in [0.5, 0.6) is 5.75 Å². The van der Waals surface area contributed by atoms with Gasteiger partial charge in [-0.25, -0.2) is 4.98 Å². The second kappa shape index (κ2) is 7.46. The first-order chi connectivity index (χ1) is 12.7. The molecule has 1 aliphatic carbocycles. The summed E-state index contributed by atoms with van der Waals surface area (Å²) in [4.78, 5) is 16.2. The molecular formula is C21H19BrN2O2. The van der Waals surface area contributed by atoms with Gasteiger partial charge < -0.3 is 9.30 Å². The Morgan fingerprint density at radius 2 is 2.04 bits per heavy atom. The molecule has 0 atom stereocenters. The fourth-order valence-electron chi connectivity index (χ4n) is 3.42. The SMILES string of the molecule is O=C1CCCc2c1ccc(OCCc1ccccc1-n1ccnc1)c2Br. The third kappa shape index (κ3) is 3.31. The highest BCUT2D eigenvalue weighted by Crippen LogP contribution is 2.35. The Morgan fingerprint density at radius 3 is 2.88 bits per heavy atom. The Balaban J connectivity index is 1.49. The highest BCUT2D eigenvalue weighted by Gasteiger charge is 2.21. The molecule has 3 aromatic rings. The number of para-hydroxylation sites is 1. The first-order valence-electron chi connectivity index (χ1n) is 8.77. The van der Waals surface area contributed by atoms with Gasteiger partial charge in [0.25, 0.3) is 0 Å². The molecule has 0 saturated heterocycles. The quantitative estimate of drug-likeness (QED) is 0.607. The first kappa shape index (κ1) is 17.0. The topological polar surface area (TPSA) is 44.1 Å². The van der Waals surface area contributed by atoms with E-state index < -0.39 is 0 Å². The number of halogens is 1. The van der Waals surface area contributed by atoms with E-state index in [4.69, 9.17) is 4.74 Å². The number of hydrogen-bond acceptors (Lipinski definition) is 3. The smallest absolute Gasteiger partial charge is 0.163 e. The van der Waals surface area contributed by atoms with E-state index in [0.29, 0.717) is 13.0 Å². The van der Waals surface area contributed by atoms with E-state index in [9.17, 15) is 4.79 Å². The van der Waals surface area contributed by atoms with Crippen LogP contribution in [0, 0.1) is 0 Å². The van der Waals surface area contributed by atoms with Crippen LogP contribution in [0.3, 0.4) is 0 Å².